The molecule has 0 amide bonds. The lowest BCUT2D eigenvalue weighted by atomic mass is 9.71. The molecule has 3 nitrogen and oxygen atoms in total. The van der Waals surface area contributed by atoms with Gasteiger partial charge < -0.3 is 0 Å². The summed E-state index contributed by atoms with van der Waals surface area (Å²) in [5.74, 6) is 0.675. The van der Waals surface area contributed by atoms with Crippen LogP contribution >= 0.6 is 11.3 Å². The number of nitrogens with zero attached hydrogens (tertiary/aromatic N) is 3. The molecule has 0 saturated carbocycles. The smallest absolute Gasteiger partial charge is 0.235 e. The molecule has 2 aromatic heterocycles. The van der Waals surface area contributed by atoms with Crippen LogP contribution in [0.1, 0.15) is 25.0 Å². The molecule has 1 aliphatic heterocycles. The molecule has 0 radical (unpaired) electrons. The quantitative estimate of drug-likeness (QED) is 0.172. The molecule has 53 heavy (non-hydrogen) atoms. The minimum atomic E-state index is -0.286. The molecule has 0 saturated heterocycles. The molecule has 11 rings (SSSR count). The summed E-state index contributed by atoms with van der Waals surface area (Å²) >= 11 is 1.87. The molecule has 0 bridgehead atoms. The maximum atomic E-state index is 5.61. The topological polar surface area (TPSA) is 29.0 Å². The molecule has 0 unspecified atom stereocenters. The van der Waals surface area contributed by atoms with E-state index in [1.807, 2.05) is 11.3 Å². The zero-order valence-corrected chi connectivity index (χ0v) is 30.2. The molecular weight excluding hydrogens is 663 g/mol. The third kappa shape index (κ3) is 4.39. The van der Waals surface area contributed by atoms with Gasteiger partial charge in [-0.05, 0) is 56.6 Å². The van der Waals surface area contributed by atoms with E-state index in [-0.39, 0.29) is 5.41 Å². The summed E-state index contributed by atoms with van der Waals surface area (Å²) < 4.78 is 2.54. The highest BCUT2D eigenvalue weighted by Gasteiger charge is 2.41. The van der Waals surface area contributed by atoms with Crippen molar-refractivity contribution in [3.05, 3.63) is 175 Å². The van der Waals surface area contributed by atoms with Crippen LogP contribution in [0.15, 0.2) is 164 Å². The van der Waals surface area contributed by atoms with Gasteiger partial charge in [0.1, 0.15) is 0 Å². The molecule has 250 valence electrons. The second kappa shape index (κ2) is 11.3. The zero-order chi connectivity index (χ0) is 35.3. The van der Waals surface area contributed by atoms with Gasteiger partial charge in [0.25, 0.3) is 0 Å². The predicted octanol–water partition coefficient (Wildman–Crippen LogP) is 13.7. The highest BCUT2D eigenvalue weighted by Crippen LogP contribution is 2.58. The Kier molecular flexibility index (Phi) is 6.47. The SMILES string of the molecule is CC1(C)c2ccccc2N(c2nc(-c3ccc(-c4ccccc4)cc3)c3ccc4ccccc4c3n2)c2c1c1ccccc1c1c2sc2ccccc21. The fourth-order valence-corrected chi connectivity index (χ4v) is 10.0. The minimum Gasteiger partial charge on any atom is -0.277 e. The first-order valence-electron chi connectivity index (χ1n) is 18.2. The molecule has 3 heterocycles. The Hall–Kier alpha value is -6.36. The summed E-state index contributed by atoms with van der Waals surface area (Å²) in [6.45, 7) is 4.75. The number of anilines is 3. The van der Waals surface area contributed by atoms with Crippen molar-refractivity contribution in [1.82, 2.24) is 9.97 Å². The molecule has 0 atom stereocenters. The third-order valence-electron chi connectivity index (χ3n) is 11.2. The Morgan fingerprint density at radius 1 is 0.509 bits per heavy atom. The summed E-state index contributed by atoms with van der Waals surface area (Å²) in [4.78, 5) is 13.6. The van der Waals surface area contributed by atoms with Gasteiger partial charge in [0, 0.05) is 37.2 Å². The molecule has 0 fully saturated rings. The second-order valence-electron chi connectivity index (χ2n) is 14.5. The van der Waals surface area contributed by atoms with Crippen LogP contribution in [0.3, 0.4) is 0 Å². The molecule has 10 aromatic rings. The fraction of sp³-hybridized carbons (Fsp3) is 0.0612. The van der Waals surface area contributed by atoms with E-state index in [2.05, 4.69) is 183 Å². The number of rotatable bonds is 3. The van der Waals surface area contributed by atoms with Crippen LogP contribution in [0, 0.1) is 0 Å². The van der Waals surface area contributed by atoms with Gasteiger partial charge in [0.15, 0.2) is 0 Å². The highest BCUT2D eigenvalue weighted by molar-refractivity contribution is 7.26. The Balaban J connectivity index is 1.27. The lowest BCUT2D eigenvalue weighted by molar-refractivity contribution is 0.638. The van der Waals surface area contributed by atoms with Crippen LogP contribution in [0.2, 0.25) is 0 Å². The summed E-state index contributed by atoms with van der Waals surface area (Å²) in [5.41, 5.74) is 9.88. The average Bonchev–Trinajstić information content (AvgIpc) is 3.61. The van der Waals surface area contributed by atoms with Crippen LogP contribution in [0.25, 0.3) is 75.0 Å². The van der Waals surface area contributed by atoms with Gasteiger partial charge in [0.2, 0.25) is 5.95 Å². The van der Waals surface area contributed by atoms with Crippen molar-refractivity contribution < 1.29 is 0 Å². The Morgan fingerprint density at radius 3 is 1.98 bits per heavy atom. The van der Waals surface area contributed by atoms with E-state index < -0.39 is 0 Å². The second-order valence-corrected chi connectivity index (χ2v) is 15.6. The number of aromatic nitrogens is 2. The largest absolute Gasteiger partial charge is 0.277 e. The van der Waals surface area contributed by atoms with Crippen molar-refractivity contribution in [3.8, 4) is 22.4 Å². The van der Waals surface area contributed by atoms with E-state index in [4.69, 9.17) is 9.97 Å². The average molecular weight is 696 g/mol. The summed E-state index contributed by atoms with van der Waals surface area (Å²) in [6, 6.07) is 59.0. The van der Waals surface area contributed by atoms with E-state index in [9.17, 15) is 0 Å². The van der Waals surface area contributed by atoms with Gasteiger partial charge in [-0.1, -0.05) is 159 Å². The number of hydrogen-bond acceptors (Lipinski definition) is 4. The van der Waals surface area contributed by atoms with Gasteiger partial charge in [-0.15, -0.1) is 11.3 Å². The van der Waals surface area contributed by atoms with Crippen molar-refractivity contribution in [2.75, 3.05) is 4.90 Å². The molecule has 0 N–H and O–H groups in total. The number of hydrogen-bond donors (Lipinski definition) is 0. The van der Waals surface area contributed by atoms with E-state index in [1.54, 1.807) is 0 Å². The van der Waals surface area contributed by atoms with Crippen molar-refractivity contribution in [3.63, 3.8) is 0 Å². The third-order valence-corrected chi connectivity index (χ3v) is 12.4. The molecule has 1 aliphatic rings. The van der Waals surface area contributed by atoms with Crippen molar-refractivity contribution >= 4 is 81.3 Å². The number of para-hydroxylation sites is 1. The molecule has 0 spiro atoms. The number of thiophene rings is 1. The van der Waals surface area contributed by atoms with Gasteiger partial charge in [0.05, 0.1) is 27.3 Å². The van der Waals surface area contributed by atoms with E-state index in [0.29, 0.717) is 5.95 Å². The molecule has 8 aromatic carbocycles. The van der Waals surface area contributed by atoms with Crippen molar-refractivity contribution in [2.45, 2.75) is 19.3 Å². The Labute approximate surface area is 311 Å². The van der Waals surface area contributed by atoms with Gasteiger partial charge in [-0.2, -0.15) is 0 Å². The lowest BCUT2D eigenvalue weighted by Crippen LogP contribution is -2.31. The monoisotopic (exact) mass is 695 g/mol. The van der Waals surface area contributed by atoms with E-state index in [1.165, 1.54) is 58.9 Å². The van der Waals surface area contributed by atoms with Crippen molar-refractivity contribution in [1.29, 1.82) is 0 Å². The molecule has 0 aliphatic carbocycles. The minimum absolute atomic E-state index is 0.286. The molecular formula is C49H33N3S. The first-order valence-corrected chi connectivity index (χ1v) is 19.0. The fourth-order valence-electron chi connectivity index (χ4n) is 8.77. The van der Waals surface area contributed by atoms with Crippen LogP contribution < -0.4 is 4.90 Å². The molecule has 4 heteroatoms. The first-order chi connectivity index (χ1) is 26.1. The van der Waals surface area contributed by atoms with Crippen LogP contribution in [-0.4, -0.2) is 9.97 Å². The zero-order valence-electron chi connectivity index (χ0n) is 29.3. The lowest BCUT2D eigenvalue weighted by Gasteiger charge is -2.42. The Morgan fingerprint density at radius 2 is 1.15 bits per heavy atom. The van der Waals surface area contributed by atoms with Crippen LogP contribution in [-0.2, 0) is 5.41 Å². The van der Waals surface area contributed by atoms with Gasteiger partial charge >= 0.3 is 0 Å². The highest BCUT2D eigenvalue weighted by atomic mass is 32.1. The summed E-state index contributed by atoms with van der Waals surface area (Å²) in [6.07, 6.45) is 0. The summed E-state index contributed by atoms with van der Waals surface area (Å²) in [7, 11) is 0. The number of fused-ring (bicyclic) bond motifs is 12. The van der Waals surface area contributed by atoms with E-state index in [0.717, 1.165) is 38.6 Å². The van der Waals surface area contributed by atoms with E-state index >= 15 is 0 Å². The van der Waals surface area contributed by atoms with Crippen LogP contribution in [0.4, 0.5) is 17.3 Å². The predicted molar refractivity (Wildman–Crippen MR) is 225 cm³/mol. The first kappa shape index (κ1) is 30.3. The normalized spacial score (nSPS) is 13.6. The maximum Gasteiger partial charge on any atom is 0.235 e. The maximum absolute atomic E-state index is 5.61. The standard InChI is InChI=1S/C49H33N3S/c1-49(2)39-21-11-12-22-40(39)52(46-43(49)36-19-9-8-18-35(36)42-37-20-10-13-23-41(37)53-47(42)46)48-50-44(33-26-24-31(25-27-33)30-14-4-3-5-15-30)38-29-28-32-16-6-7-17-34(32)45(38)51-48/h3-29H,1-2H3. The summed E-state index contributed by atoms with van der Waals surface area (Å²) in [5, 5.41) is 8.45. The number of benzene rings is 8. The van der Waals surface area contributed by atoms with Crippen LogP contribution in [0.5, 0.6) is 0 Å². The Bertz CT molecular complexity index is 3090. The van der Waals surface area contributed by atoms with Gasteiger partial charge in [-0.3, -0.25) is 4.90 Å². The van der Waals surface area contributed by atoms with Crippen molar-refractivity contribution in [2.24, 2.45) is 0 Å². The van der Waals surface area contributed by atoms with Gasteiger partial charge in [-0.25, -0.2) is 9.97 Å².